The quantitative estimate of drug-likeness (QED) is 0.886. The maximum atomic E-state index is 11.8. The summed E-state index contributed by atoms with van der Waals surface area (Å²) in [4.78, 5) is 22.9. The number of rotatable bonds is 2. The van der Waals surface area contributed by atoms with Gasteiger partial charge in [-0.15, -0.1) is 0 Å². The predicted molar refractivity (Wildman–Crippen MR) is 73.3 cm³/mol. The highest BCUT2D eigenvalue weighted by Gasteiger charge is 2.30. The van der Waals surface area contributed by atoms with E-state index in [1.165, 1.54) is 0 Å². The Kier molecular flexibility index (Phi) is 3.60. The summed E-state index contributed by atoms with van der Waals surface area (Å²) >= 11 is 0. The third-order valence-electron chi connectivity index (χ3n) is 2.98. The molecule has 1 saturated carbocycles. The molecule has 1 fully saturated rings. The summed E-state index contributed by atoms with van der Waals surface area (Å²) in [6.07, 6.45) is 0.658. The standard InChI is InChI=1S/C15H19NO3/c1-15(2,3)19-14(18)16-13-7-5-4-6-12(13)10-8-11(17)9-10/h4-7,10H,8-9H2,1-3H3,(H,16,18). The van der Waals surface area contributed by atoms with Crippen molar-refractivity contribution in [3.63, 3.8) is 0 Å². The second-order valence-corrected chi connectivity index (χ2v) is 5.86. The lowest BCUT2D eigenvalue weighted by atomic mass is 9.78. The maximum absolute atomic E-state index is 11.8. The van der Waals surface area contributed by atoms with Gasteiger partial charge in [0.25, 0.3) is 0 Å². The second-order valence-electron chi connectivity index (χ2n) is 5.86. The van der Waals surface area contributed by atoms with Crippen molar-refractivity contribution in [3.05, 3.63) is 29.8 Å². The van der Waals surface area contributed by atoms with E-state index < -0.39 is 11.7 Å². The van der Waals surface area contributed by atoms with Crippen LogP contribution in [0, 0.1) is 0 Å². The number of hydrogen-bond donors (Lipinski definition) is 1. The number of Topliss-reactive ketones (excluding diaryl/α,β-unsaturated/α-hetero) is 1. The van der Waals surface area contributed by atoms with Crippen LogP contribution >= 0.6 is 0 Å². The molecule has 0 unspecified atom stereocenters. The van der Waals surface area contributed by atoms with Gasteiger partial charge in [0.15, 0.2) is 0 Å². The number of ether oxygens (including phenoxy) is 1. The molecule has 19 heavy (non-hydrogen) atoms. The van der Waals surface area contributed by atoms with Crippen molar-refractivity contribution >= 4 is 17.6 Å². The van der Waals surface area contributed by atoms with Crippen molar-refractivity contribution < 1.29 is 14.3 Å². The molecule has 0 saturated heterocycles. The Morgan fingerprint density at radius 2 is 1.89 bits per heavy atom. The number of hydrogen-bond acceptors (Lipinski definition) is 3. The lowest BCUT2D eigenvalue weighted by Gasteiger charge is -2.27. The molecule has 1 aromatic carbocycles. The summed E-state index contributed by atoms with van der Waals surface area (Å²) in [5.74, 6) is 0.496. The maximum Gasteiger partial charge on any atom is 0.412 e. The first-order valence-electron chi connectivity index (χ1n) is 6.46. The van der Waals surface area contributed by atoms with Crippen LogP contribution < -0.4 is 5.32 Å². The van der Waals surface area contributed by atoms with E-state index in [9.17, 15) is 9.59 Å². The smallest absolute Gasteiger partial charge is 0.412 e. The van der Waals surface area contributed by atoms with Gasteiger partial charge in [-0.25, -0.2) is 4.79 Å². The van der Waals surface area contributed by atoms with Crippen LogP contribution in [0.3, 0.4) is 0 Å². The Morgan fingerprint density at radius 1 is 1.26 bits per heavy atom. The summed E-state index contributed by atoms with van der Waals surface area (Å²) in [5, 5.41) is 2.76. The molecular formula is C15H19NO3. The van der Waals surface area contributed by atoms with E-state index in [1.54, 1.807) is 0 Å². The van der Waals surface area contributed by atoms with E-state index in [0.29, 0.717) is 12.8 Å². The van der Waals surface area contributed by atoms with Gasteiger partial charge in [-0.3, -0.25) is 10.1 Å². The zero-order chi connectivity index (χ0) is 14.0. The normalized spacial score (nSPS) is 15.8. The fourth-order valence-electron chi connectivity index (χ4n) is 2.09. The van der Waals surface area contributed by atoms with Crippen molar-refractivity contribution in [3.8, 4) is 0 Å². The highest BCUT2D eigenvalue weighted by molar-refractivity contribution is 5.90. The van der Waals surface area contributed by atoms with Gasteiger partial charge in [-0.2, -0.15) is 0 Å². The van der Waals surface area contributed by atoms with Crippen LogP contribution in [0.4, 0.5) is 10.5 Å². The number of anilines is 1. The zero-order valence-corrected chi connectivity index (χ0v) is 11.5. The Hall–Kier alpha value is -1.84. The van der Waals surface area contributed by atoms with Crippen LogP contribution in [-0.4, -0.2) is 17.5 Å². The van der Waals surface area contributed by atoms with Gasteiger partial charge in [-0.1, -0.05) is 18.2 Å². The molecule has 1 aliphatic rings. The van der Waals surface area contributed by atoms with Crippen LogP contribution in [0.2, 0.25) is 0 Å². The Labute approximate surface area is 113 Å². The zero-order valence-electron chi connectivity index (χ0n) is 11.5. The van der Waals surface area contributed by atoms with Crippen LogP contribution in [0.5, 0.6) is 0 Å². The molecule has 0 bridgehead atoms. The number of nitrogens with one attached hydrogen (secondary N) is 1. The molecule has 102 valence electrons. The molecule has 4 heteroatoms. The van der Waals surface area contributed by atoms with Gasteiger partial charge < -0.3 is 4.74 Å². The van der Waals surface area contributed by atoms with Crippen molar-refractivity contribution in [1.29, 1.82) is 0 Å². The summed E-state index contributed by atoms with van der Waals surface area (Å²) in [5.41, 5.74) is 1.22. The average molecular weight is 261 g/mol. The second kappa shape index (κ2) is 5.03. The minimum Gasteiger partial charge on any atom is -0.444 e. The molecule has 1 aromatic rings. The predicted octanol–water partition coefficient (Wildman–Crippen LogP) is 3.48. The first-order valence-corrected chi connectivity index (χ1v) is 6.46. The molecule has 1 aliphatic carbocycles. The molecule has 4 nitrogen and oxygen atoms in total. The van der Waals surface area contributed by atoms with Gasteiger partial charge in [0.1, 0.15) is 11.4 Å². The fourth-order valence-corrected chi connectivity index (χ4v) is 2.09. The fraction of sp³-hybridized carbons (Fsp3) is 0.467. The van der Waals surface area contributed by atoms with Crippen LogP contribution in [0.25, 0.3) is 0 Å². The van der Waals surface area contributed by atoms with Gasteiger partial charge in [0.2, 0.25) is 0 Å². The van der Waals surface area contributed by atoms with E-state index >= 15 is 0 Å². The Bertz CT molecular complexity index is 494. The topological polar surface area (TPSA) is 55.4 Å². The number of para-hydroxylation sites is 1. The Balaban J connectivity index is 2.08. The van der Waals surface area contributed by atoms with E-state index in [-0.39, 0.29) is 11.7 Å². The van der Waals surface area contributed by atoms with E-state index in [1.807, 2.05) is 45.0 Å². The summed E-state index contributed by atoms with van der Waals surface area (Å²) in [6, 6.07) is 7.56. The van der Waals surface area contributed by atoms with Gasteiger partial charge in [0.05, 0.1) is 0 Å². The molecule has 1 amide bonds. The number of ketones is 1. The number of carbonyl (C=O) groups excluding carboxylic acids is 2. The highest BCUT2D eigenvalue weighted by Crippen LogP contribution is 2.37. The van der Waals surface area contributed by atoms with Crippen molar-refractivity contribution in [2.24, 2.45) is 0 Å². The Morgan fingerprint density at radius 3 is 2.47 bits per heavy atom. The van der Waals surface area contributed by atoms with Crippen LogP contribution in [0.15, 0.2) is 24.3 Å². The molecule has 0 heterocycles. The highest BCUT2D eigenvalue weighted by atomic mass is 16.6. The largest absolute Gasteiger partial charge is 0.444 e. The molecule has 1 N–H and O–H groups in total. The minimum atomic E-state index is -0.522. The third kappa shape index (κ3) is 3.56. The first kappa shape index (κ1) is 13.6. The van der Waals surface area contributed by atoms with Crippen LogP contribution in [-0.2, 0) is 9.53 Å². The number of amides is 1. The van der Waals surface area contributed by atoms with E-state index in [0.717, 1.165) is 11.3 Å². The van der Waals surface area contributed by atoms with Gasteiger partial charge >= 0.3 is 6.09 Å². The molecule has 2 rings (SSSR count). The average Bonchev–Trinajstić information content (AvgIpc) is 2.23. The minimum absolute atomic E-state index is 0.221. The SMILES string of the molecule is CC(C)(C)OC(=O)Nc1ccccc1C1CC(=O)C1. The molecule has 0 spiro atoms. The number of carbonyl (C=O) groups is 2. The van der Waals surface area contributed by atoms with Crippen molar-refractivity contribution in [2.45, 2.75) is 45.1 Å². The lowest BCUT2D eigenvalue weighted by molar-refractivity contribution is -0.124. The third-order valence-corrected chi connectivity index (χ3v) is 2.98. The molecule has 0 aliphatic heterocycles. The van der Waals surface area contributed by atoms with E-state index in [4.69, 9.17) is 4.74 Å². The molecule has 0 radical (unpaired) electrons. The molecular weight excluding hydrogens is 242 g/mol. The summed E-state index contributed by atoms with van der Waals surface area (Å²) in [7, 11) is 0. The summed E-state index contributed by atoms with van der Waals surface area (Å²) in [6.45, 7) is 5.47. The van der Waals surface area contributed by atoms with Crippen LogP contribution in [0.1, 0.15) is 45.1 Å². The van der Waals surface area contributed by atoms with Gasteiger partial charge in [0, 0.05) is 18.5 Å². The monoisotopic (exact) mass is 261 g/mol. The lowest BCUT2D eigenvalue weighted by Crippen LogP contribution is -2.28. The van der Waals surface area contributed by atoms with E-state index in [2.05, 4.69) is 5.32 Å². The summed E-state index contributed by atoms with van der Waals surface area (Å²) < 4.78 is 5.23. The molecule has 0 atom stereocenters. The number of benzene rings is 1. The first-order chi connectivity index (χ1) is 8.85. The van der Waals surface area contributed by atoms with Crippen molar-refractivity contribution in [2.75, 3.05) is 5.32 Å². The van der Waals surface area contributed by atoms with Crippen molar-refractivity contribution in [1.82, 2.24) is 0 Å². The van der Waals surface area contributed by atoms with Gasteiger partial charge in [-0.05, 0) is 38.3 Å². The molecule has 0 aromatic heterocycles.